The highest BCUT2D eigenvalue weighted by Gasteiger charge is 2.24. The highest BCUT2D eigenvalue weighted by Crippen LogP contribution is 2.30. The molecule has 7 nitrogen and oxygen atoms in total. The number of rotatable bonds is 6. The molecule has 29 heavy (non-hydrogen) atoms. The van der Waals surface area contributed by atoms with E-state index >= 15 is 0 Å². The van der Waals surface area contributed by atoms with Crippen molar-refractivity contribution < 1.29 is 31.8 Å². The lowest BCUT2D eigenvalue weighted by atomic mass is 10.1. The standard InChI is InChI=1S/C20H22FNO6S/c1-13(2)22(3)29(24,25)18-6-4-5-14(9-18)20(23)27-11-16-8-17(21)7-15-10-26-12-28-19(15)16/h4-9,13H,10-12H2,1-3H3. The number of fused-ring (bicyclic) bond motifs is 1. The fourth-order valence-corrected chi connectivity index (χ4v) is 4.23. The molecular weight excluding hydrogens is 401 g/mol. The zero-order valence-electron chi connectivity index (χ0n) is 16.3. The third-order valence-electron chi connectivity index (χ3n) is 4.58. The third kappa shape index (κ3) is 4.58. The molecule has 0 radical (unpaired) electrons. The van der Waals surface area contributed by atoms with Gasteiger partial charge in [0.2, 0.25) is 10.0 Å². The minimum Gasteiger partial charge on any atom is -0.467 e. The molecule has 2 aromatic rings. The van der Waals surface area contributed by atoms with Crippen LogP contribution in [0.15, 0.2) is 41.3 Å². The fraction of sp³-hybridized carbons (Fsp3) is 0.350. The van der Waals surface area contributed by atoms with Crippen LogP contribution in [0.2, 0.25) is 0 Å². The van der Waals surface area contributed by atoms with E-state index in [9.17, 15) is 17.6 Å². The number of esters is 1. The summed E-state index contributed by atoms with van der Waals surface area (Å²) in [7, 11) is -2.26. The van der Waals surface area contributed by atoms with E-state index in [1.54, 1.807) is 13.8 Å². The molecule has 1 heterocycles. The summed E-state index contributed by atoms with van der Waals surface area (Å²) in [5, 5.41) is 0. The second-order valence-corrected chi connectivity index (χ2v) is 8.88. The molecule has 0 bridgehead atoms. The highest BCUT2D eigenvalue weighted by molar-refractivity contribution is 7.89. The van der Waals surface area contributed by atoms with E-state index in [0.717, 1.165) is 0 Å². The monoisotopic (exact) mass is 423 g/mol. The van der Waals surface area contributed by atoms with Gasteiger partial charge in [-0.15, -0.1) is 0 Å². The van der Waals surface area contributed by atoms with Crippen LogP contribution in [-0.4, -0.2) is 38.6 Å². The Labute approximate surface area is 169 Å². The van der Waals surface area contributed by atoms with Crippen molar-refractivity contribution in [1.82, 2.24) is 4.31 Å². The fourth-order valence-electron chi connectivity index (χ4n) is 2.82. The summed E-state index contributed by atoms with van der Waals surface area (Å²) in [6.45, 7) is 3.52. The van der Waals surface area contributed by atoms with E-state index in [1.807, 2.05) is 0 Å². The van der Waals surface area contributed by atoms with Crippen LogP contribution in [0, 0.1) is 5.82 Å². The van der Waals surface area contributed by atoms with Gasteiger partial charge in [0.15, 0.2) is 6.79 Å². The molecule has 0 saturated heterocycles. The largest absolute Gasteiger partial charge is 0.467 e. The van der Waals surface area contributed by atoms with Gasteiger partial charge in [-0.25, -0.2) is 17.6 Å². The van der Waals surface area contributed by atoms with Gasteiger partial charge in [-0.2, -0.15) is 4.31 Å². The van der Waals surface area contributed by atoms with E-state index in [-0.39, 0.29) is 36.5 Å². The highest BCUT2D eigenvalue weighted by atomic mass is 32.2. The number of benzene rings is 2. The molecule has 2 aromatic carbocycles. The zero-order valence-corrected chi connectivity index (χ0v) is 17.2. The minimum atomic E-state index is -3.74. The van der Waals surface area contributed by atoms with Crippen LogP contribution in [-0.2, 0) is 32.7 Å². The van der Waals surface area contributed by atoms with E-state index in [1.165, 1.54) is 47.8 Å². The number of hydrogen-bond acceptors (Lipinski definition) is 6. The third-order valence-corrected chi connectivity index (χ3v) is 6.61. The first-order chi connectivity index (χ1) is 13.7. The maximum Gasteiger partial charge on any atom is 0.338 e. The lowest BCUT2D eigenvalue weighted by Crippen LogP contribution is -2.33. The van der Waals surface area contributed by atoms with E-state index in [4.69, 9.17) is 14.2 Å². The van der Waals surface area contributed by atoms with Gasteiger partial charge in [0, 0.05) is 24.2 Å². The van der Waals surface area contributed by atoms with Crippen molar-refractivity contribution >= 4 is 16.0 Å². The predicted octanol–water partition coefficient (Wildman–Crippen LogP) is 3.08. The van der Waals surface area contributed by atoms with Crippen molar-refractivity contribution in [2.45, 2.75) is 38.0 Å². The number of nitrogens with zero attached hydrogens (tertiary/aromatic N) is 1. The molecule has 0 atom stereocenters. The number of hydrogen-bond donors (Lipinski definition) is 0. The number of ether oxygens (including phenoxy) is 3. The maximum atomic E-state index is 13.8. The van der Waals surface area contributed by atoms with Gasteiger partial charge >= 0.3 is 5.97 Å². The van der Waals surface area contributed by atoms with Crippen LogP contribution in [0.3, 0.4) is 0 Å². The van der Waals surface area contributed by atoms with E-state index in [2.05, 4.69) is 0 Å². The Bertz CT molecular complexity index is 1020. The Morgan fingerprint density at radius 3 is 2.76 bits per heavy atom. The molecule has 0 N–H and O–H groups in total. The van der Waals surface area contributed by atoms with Crippen LogP contribution >= 0.6 is 0 Å². The van der Waals surface area contributed by atoms with Crippen LogP contribution in [0.25, 0.3) is 0 Å². The molecule has 1 aliphatic rings. The smallest absolute Gasteiger partial charge is 0.338 e. The van der Waals surface area contributed by atoms with Crippen LogP contribution in [0.5, 0.6) is 5.75 Å². The van der Waals surface area contributed by atoms with Crippen molar-refractivity contribution in [3.05, 3.63) is 58.9 Å². The molecule has 3 rings (SSSR count). The Morgan fingerprint density at radius 2 is 2.03 bits per heavy atom. The van der Waals surface area contributed by atoms with Gasteiger partial charge in [0.25, 0.3) is 0 Å². The van der Waals surface area contributed by atoms with Crippen molar-refractivity contribution in [2.75, 3.05) is 13.8 Å². The molecule has 0 aromatic heterocycles. The average molecular weight is 423 g/mol. The molecule has 0 saturated carbocycles. The normalized spacial score (nSPS) is 13.9. The summed E-state index contributed by atoms with van der Waals surface area (Å²) in [5.41, 5.74) is 0.991. The molecule has 0 unspecified atom stereocenters. The first-order valence-corrected chi connectivity index (χ1v) is 10.4. The SMILES string of the molecule is CC(C)N(C)S(=O)(=O)c1cccc(C(=O)OCc2cc(F)cc3c2OCOC3)c1. The van der Waals surface area contributed by atoms with Crippen molar-refractivity contribution in [3.8, 4) is 5.75 Å². The van der Waals surface area contributed by atoms with Gasteiger partial charge < -0.3 is 14.2 Å². The van der Waals surface area contributed by atoms with Crippen LogP contribution in [0.4, 0.5) is 4.39 Å². The summed E-state index contributed by atoms with van der Waals surface area (Å²) in [6, 6.07) is 7.92. The second kappa shape index (κ2) is 8.48. The predicted molar refractivity (Wildman–Crippen MR) is 102 cm³/mol. The number of carbonyl (C=O) groups is 1. The Kier molecular flexibility index (Phi) is 6.21. The molecule has 1 aliphatic heterocycles. The van der Waals surface area contributed by atoms with Gasteiger partial charge in [-0.05, 0) is 44.2 Å². The van der Waals surface area contributed by atoms with Gasteiger partial charge in [0.05, 0.1) is 17.1 Å². The van der Waals surface area contributed by atoms with Gasteiger partial charge in [-0.3, -0.25) is 0 Å². The summed E-state index contributed by atoms with van der Waals surface area (Å²) in [5.74, 6) is -0.784. The molecule has 9 heteroatoms. The Balaban J connectivity index is 1.79. The van der Waals surface area contributed by atoms with Crippen molar-refractivity contribution in [1.29, 1.82) is 0 Å². The Hall–Kier alpha value is -2.49. The summed E-state index contributed by atoms with van der Waals surface area (Å²) < 4.78 is 56.1. The first kappa shape index (κ1) is 21.2. The lowest BCUT2D eigenvalue weighted by Gasteiger charge is -2.21. The zero-order chi connectivity index (χ0) is 21.2. The lowest BCUT2D eigenvalue weighted by molar-refractivity contribution is -0.0182. The van der Waals surface area contributed by atoms with Crippen LogP contribution < -0.4 is 4.74 Å². The van der Waals surface area contributed by atoms with Crippen molar-refractivity contribution in [2.24, 2.45) is 0 Å². The molecule has 0 amide bonds. The number of sulfonamides is 1. The molecule has 0 fully saturated rings. The quantitative estimate of drug-likeness (QED) is 0.664. The van der Waals surface area contributed by atoms with E-state index in [0.29, 0.717) is 16.9 Å². The number of halogens is 1. The maximum absolute atomic E-state index is 13.8. The van der Waals surface area contributed by atoms with E-state index < -0.39 is 21.8 Å². The van der Waals surface area contributed by atoms with Crippen molar-refractivity contribution in [3.63, 3.8) is 0 Å². The summed E-state index contributed by atoms with van der Waals surface area (Å²) in [6.07, 6.45) is 0. The topological polar surface area (TPSA) is 82.1 Å². The number of carbonyl (C=O) groups excluding carboxylic acids is 1. The molecule has 0 spiro atoms. The summed E-state index contributed by atoms with van der Waals surface area (Å²) in [4.78, 5) is 12.5. The van der Waals surface area contributed by atoms with Crippen LogP contribution in [0.1, 0.15) is 35.3 Å². The molecular formula is C20H22FNO6S. The van der Waals surface area contributed by atoms with Gasteiger partial charge in [-0.1, -0.05) is 6.07 Å². The first-order valence-electron chi connectivity index (χ1n) is 8.97. The minimum absolute atomic E-state index is 0.00762. The average Bonchev–Trinajstić information content (AvgIpc) is 2.71. The second-order valence-electron chi connectivity index (χ2n) is 6.88. The summed E-state index contributed by atoms with van der Waals surface area (Å²) >= 11 is 0. The molecule has 156 valence electrons. The Morgan fingerprint density at radius 1 is 1.28 bits per heavy atom. The molecule has 0 aliphatic carbocycles. The van der Waals surface area contributed by atoms with Gasteiger partial charge in [0.1, 0.15) is 18.2 Å².